The van der Waals surface area contributed by atoms with Crippen LogP contribution in [0.25, 0.3) is 0 Å². The van der Waals surface area contributed by atoms with E-state index in [1.165, 1.54) is 141 Å². The Balaban J connectivity index is 0. The topological polar surface area (TPSA) is 0 Å². The Hall–Kier alpha value is 0.519. The van der Waals surface area contributed by atoms with E-state index in [2.05, 4.69) is 13.8 Å². The predicted molar refractivity (Wildman–Crippen MR) is 113 cm³/mol. The molecule has 0 saturated carbocycles. The van der Waals surface area contributed by atoms with Gasteiger partial charge in [0.1, 0.15) is 0 Å². The molecule has 0 bridgehead atoms. The van der Waals surface area contributed by atoms with Gasteiger partial charge in [-0.15, -0.1) is 0 Å². The maximum absolute atomic E-state index is 2.30. The van der Waals surface area contributed by atoms with E-state index in [9.17, 15) is 0 Å². The van der Waals surface area contributed by atoms with E-state index >= 15 is 0 Å². The van der Waals surface area contributed by atoms with E-state index in [1.807, 2.05) is 0 Å². The summed E-state index contributed by atoms with van der Waals surface area (Å²) in [5.41, 5.74) is 0. The molecule has 0 rings (SSSR count). The standard InChI is InChI=1S/C24H50.Mn/c1-3-5-7-9-11-13-15-17-19-21-23-24-22-20-18-16-14-12-10-8-6-4-2;/h3-24H2,1-2H3;. The summed E-state index contributed by atoms with van der Waals surface area (Å²) >= 11 is 0. The monoisotopic (exact) mass is 393 g/mol. The number of hydrogen-bond acceptors (Lipinski definition) is 0. The molecule has 25 heavy (non-hydrogen) atoms. The molecule has 0 aromatic carbocycles. The molecule has 0 aliphatic heterocycles. The fourth-order valence-corrected chi connectivity index (χ4v) is 3.68. The van der Waals surface area contributed by atoms with E-state index in [0.29, 0.717) is 0 Å². The van der Waals surface area contributed by atoms with Gasteiger partial charge in [0.25, 0.3) is 0 Å². The minimum atomic E-state index is 0. The maximum Gasteiger partial charge on any atom is 0 e. The molecule has 0 N–H and O–H groups in total. The Morgan fingerprint density at radius 3 is 0.480 bits per heavy atom. The van der Waals surface area contributed by atoms with Gasteiger partial charge < -0.3 is 0 Å². The summed E-state index contributed by atoms with van der Waals surface area (Å²) in [6.45, 7) is 4.60. The van der Waals surface area contributed by atoms with Gasteiger partial charge in [-0.3, -0.25) is 0 Å². The largest absolute Gasteiger partial charge is 0.0654 e. The summed E-state index contributed by atoms with van der Waals surface area (Å²) in [7, 11) is 0. The number of hydrogen-bond donors (Lipinski definition) is 0. The summed E-state index contributed by atoms with van der Waals surface area (Å²) in [5.74, 6) is 0. The van der Waals surface area contributed by atoms with Crippen LogP contribution in [-0.2, 0) is 17.1 Å². The summed E-state index contributed by atoms with van der Waals surface area (Å²) < 4.78 is 0. The molecule has 0 nitrogen and oxygen atoms in total. The molecule has 0 amide bonds. The van der Waals surface area contributed by atoms with Crippen LogP contribution in [0.1, 0.15) is 155 Å². The van der Waals surface area contributed by atoms with Crippen molar-refractivity contribution in [3.05, 3.63) is 0 Å². The third kappa shape index (κ3) is 26.9. The zero-order valence-corrected chi connectivity index (χ0v) is 19.1. The third-order valence-corrected chi connectivity index (χ3v) is 5.46. The Morgan fingerprint density at radius 2 is 0.360 bits per heavy atom. The minimum absolute atomic E-state index is 0. The van der Waals surface area contributed by atoms with Crippen molar-refractivity contribution < 1.29 is 17.1 Å². The molecule has 0 unspecified atom stereocenters. The molecule has 0 fully saturated rings. The summed E-state index contributed by atoms with van der Waals surface area (Å²) in [6, 6.07) is 0. The first-order chi connectivity index (χ1) is 11.9. The van der Waals surface area contributed by atoms with Crippen molar-refractivity contribution in [2.45, 2.75) is 155 Å². The van der Waals surface area contributed by atoms with Gasteiger partial charge in [0.2, 0.25) is 0 Å². The number of rotatable bonds is 21. The SMILES string of the molecule is CCCCCCCCCCCCCCCCCCCCCCCC.[Mn]. The van der Waals surface area contributed by atoms with Crippen LogP contribution in [0.5, 0.6) is 0 Å². The molecule has 0 spiro atoms. The quantitative estimate of drug-likeness (QED) is 0.134. The van der Waals surface area contributed by atoms with Crippen LogP contribution in [0, 0.1) is 0 Å². The van der Waals surface area contributed by atoms with Gasteiger partial charge in [0, 0.05) is 17.1 Å². The molecule has 0 aliphatic rings. The Labute approximate surface area is 172 Å². The van der Waals surface area contributed by atoms with Crippen molar-refractivity contribution in [3.63, 3.8) is 0 Å². The molecule has 0 aromatic rings. The van der Waals surface area contributed by atoms with Crippen molar-refractivity contribution in [3.8, 4) is 0 Å². The van der Waals surface area contributed by atoms with Crippen LogP contribution >= 0.6 is 0 Å². The third-order valence-electron chi connectivity index (χ3n) is 5.46. The first kappa shape index (κ1) is 27.7. The van der Waals surface area contributed by atoms with Gasteiger partial charge >= 0.3 is 0 Å². The van der Waals surface area contributed by atoms with Gasteiger partial charge in [-0.05, 0) is 0 Å². The average Bonchev–Trinajstić information content (AvgIpc) is 2.60. The number of unbranched alkanes of at least 4 members (excludes halogenated alkanes) is 21. The van der Waals surface area contributed by atoms with Gasteiger partial charge in [0.05, 0.1) is 0 Å². The molecular formula is C24H50Mn. The van der Waals surface area contributed by atoms with E-state index < -0.39 is 0 Å². The van der Waals surface area contributed by atoms with Crippen LogP contribution in [0.4, 0.5) is 0 Å². The Bertz CT molecular complexity index is 180. The van der Waals surface area contributed by atoms with Crippen LogP contribution in [0.2, 0.25) is 0 Å². The average molecular weight is 394 g/mol. The van der Waals surface area contributed by atoms with Gasteiger partial charge in [0.15, 0.2) is 0 Å². The molecule has 0 atom stereocenters. The van der Waals surface area contributed by atoms with Gasteiger partial charge in [-0.1, -0.05) is 155 Å². The second-order valence-corrected chi connectivity index (χ2v) is 8.07. The zero-order valence-electron chi connectivity index (χ0n) is 17.9. The maximum atomic E-state index is 2.30. The Morgan fingerprint density at radius 1 is 0.240 bits per heavy atom. The smallest absolute Gasteiger partial charge is 0 e. The van der Waals surface area contributed by atoms with E-state index in [0.717, 1.165) is 0 Å². The Kier molecular flexibility index (Phi) is 29.7. The van der Waals surface area contributed by atoms with Crippen LogP contribution in [0.3, 0.4) is 0 Å². The van der Waals surface area contributed by atoms with Crippen LogP contribution in [-0.4, -0.2) is 0 Å². The van der Waals surface area contributed by atoms with E-state index in [1.54, 1.807) is 0 Å². The van der Waals surface area contributed by atoms with Crippen molar-refractivity contribution in [1.29, 1.82) is 0 Å². The fourth-order valence-electron chi connectivity index (χ4n) is 3.68. The molecule has 1 radical (unpaired) electrons. The summed E-state index contributed by atoms with van der Waals surface area (Å²) in [5, 5.41) is 0. The summed E-state index contributed by atoms with van der Waals surface area (Å²) in [4.78, 5) is 0. The summed E-state index contributed by atoms with van der Waals surface area (Å²) in [6.07, 6.45) is 32.4. The molecular weight excluding hydrogens is 343 g/mol. The molecule has 1 heteroatoms. The van der Waals surface area contributed by atoms with Crippen molar-refractivity contribution in [1.82, 2.24) is 0 Å². The molecule has 0 heterocycles. The van der Waals surface area contributed by atoms with Crippen molar-refractivity contribution in [2.24, 2.45) is 0 Å². The second kappa shape index (κ2) is 26.7. The van der Waals surface area contributed by atoms with Crippen molar-refractivity contribution >= 4 is 0 Å². The molecule has 0 aliphatic carbocycles. The minimum Gasteiger partial charge on any atom is -0.0654 e. The first-order valence-corrected chi connectivity index (χ1v) is 11.9. The predicted octanol–water partition coefficient (Wildman–Crippen LogP) is 9.61. The normalized spacial score (nSPS) is 10.8. The van der Waals surface area contributed by atoms with Gasteiger partial charge in [-0.2, -0.15) is 0 Å². The first-order valence-electron chi connectivity index (χ1n) is 11.9. The van der Waals surface area contributed by atoms with E-state index in [4.69, 9.17) is 0 Å². The molecule has 0 aromatic heterocycles. The van der Waals surface area contributed by atoms with Crippen LogP contribution in [0.15, 0.2) is 0 Å². The fraction of sp³-hybridized carbons (Fsp3) is 1.00. The van der Waals surface area contributed by atoms with Crippen LogP contribution < -0.4 is 0 Å². The zero-order chi connectivity index (χ0) is 17.6. The second-order valence-electron chi connectivity index (χ2n) is 8.07. The molecule has 153 valence electrons. The molecule has 0 saturated heterocycles. The van der Waals surface area contributed by atoms with E-state index in [-0.39, 0.29) is 17.1 Å². The van der Waals surface area contributed by atoms with Crippen molar-refractivity contribution in [2.75, 3.05) is 0 Å². The van der Waals surface area contributed by atoms with Gasteiger partial charge in [-0.25, -0.2) is 0 Å².